The molecule has 1 aliphatic heterocycles. The van der Waals surface area contributed by atoms with E-state index in [0.717, 1.165) is 34.3 Å². The number of piperazine rings is 1. The van der Waals surface area contributed by atoms with Crippen LogP contribution >= 0.6 is 31.9 Å². The van der Waals surface area contributed by atoms with Crippen LogP contribution in [0.4, 0.5) is 0 Å². The molecule has 1 aromatic rings. The third-order valence-corrected chi connectivity index (χ3v) is 4.01. The lowest BCUT2D eigenvalue weighted by Gasteiger charge is -2.36. The molecule has 1 saturated heterocycles. The highest BCUT2D eigenvalue weighted by Gasteiger charge is 2.21. The monoisotopic (exact) mass is 361 g/mol. The van der Waals surface area contributed by atoms with E-state index in [1.54, 1.807) is 0 Å². The van der Waals surface area contributed by atoms with Gasteiger partial charge in [0.05, 0.1) is 5.69 Å². The topological polar surface area (TPSA) is 28.2 Å². The first-order valence-corrected chi connectivity index (χ1v) is 7.41. The van der Waals surface area contributed by atoms with Crippen LogP contribution in [0.2, 0.25) is 0 Å². The third kappa shape index (κ3) is 3.74. The standard InChI is InChI=1S/C12H17Br2N3/c1-8-5-17(6-9(2)16-8)7-12-11(14)3-10(13)4-15-12/h3-4,8-9,16H,5-7H2,1-2H3. The minimum absolute atomic E-state index is 0.549. The van der Waals surface area contributed by atoms with Gasteiger partial charge in [-0.25, -0.2) is 0 Å². The van der Waals surface area contributed by atoms with Gasteiger partial charge in [0.25, 0.3) is 0 Å². The molecule has 0 spiro atoms. The van der Waals surface area contributed by atoms with Crippen molar-refractivity contribution < 1.29 is 0 Å². The molecule has 0 amide bonds. The SMILES string of the molecule is CC1CN(Cc2ncc(Br)cc2Br)CC(C)N1. The van der Waals surface area contributed by atoms with Gasteiger partial charge in [-0.05, 0) is 51.8 Å². The zero-order valence-corrected chi connectivity index (χ0v) is 13.3. The Labute approximate surface area is 119 Å². The van der Waals surface area contributed by atoms with Gasteiger partial charge in [0.2, 0.25) is 0 Å². The molecule has 1 aromatic heterocycles. The van der Waals surface area contributed by atoms with Crippen molar-refractivity contribution in [1.82, 2.24) is 15.2 Å². The van der Waals surface area contributed by atoms with Crippen molar-refractivity contribution in [2.24, 2.45) is 0 Å². The molecule has 2 rings (SSSR count). The number of hydrogen-bond donors (Lipinski definition) is 1. The molecule has 1 aliphatic rings. The van der Waals surface area contributed by atoms with Gasteiger partial charge in [0.1, 0.15) is 0 Å². The Morgan fingerprint density at radius 2 is 2.00 bits per heavy atom. The van der Waals surface area contributed by atoms with Crippen LogP contribution in [0.25, 0.3) is 0 Å². The Balaban J connectivity index is 2.04. The van der Waals surface area contributed by atoms with Gasteiger partial charge in [0, 0.05) is 46.9 Å². The fourth-order valence-electron chi connectivity index (χ4n) is 2.34. The normalized spacial score (nSPS) is 26.1. The number of halogens is 2. The molecule has 0 saturated carbocycles. The van der Waals surface area contributed by atoms with Crippen molar-refractivity contribution in [1.29, 1.82) is 0 Å². The van der Waals surface area contributed by atoms with Gasteiger partial charge in [0.15, 0.2) is 0 Å². The summed E-state index contributed by atoms with van der Waals surface area (Å²) in [6, 6.07) is 3.15. The molecule has 0 bridgehead atoms. The number of nitrogens with zero attached hydrogens (tertiary/aromatic N) is 2. The Bertz CT molecular complexity index is 387. The lowest BCUT2D eigenvalue weighted by molar-refractivity contribution is 0.164. The second kappa shape index (κ2) is 5.78. The van der Waals surface area contributed by atoms with Crippen LogP contribution in [-0.2, 0) is 6.54 Å². The fraction of sp³-hybridized carbons (Fsp3) is 0.583. The first-order valence-electron chi connectivity index (χ1n) is 5.83. The van der Waals surface area contributed by atoms with Crippen LogP contribution in [0.3, 0.4) is 0 Å². The first-order chi connectivity index (χ1) is 8.04. The minimum Gasteiger partial charge on any atom is -0.309 e. The molecular formula is C12H17Br2N3. The van der Waals surface area contributed by atoms with Crippen LogP contribution in [0.5, 0.6) is 0 Å². The van der Waals surface area contributed by atoms with Crippen molar-refractivity contribution in [3.8, 4) is 0 Å². The van der Waals surface area contributed by atoms with Crippen molar-refractivity contribution in [2.45, 2.75) is 32.5 Å². The van der Waals surface area contributed by atoms with E-state index >= 15 is 0 Å². The minimum atomic E-state index is 0.549. The average Bonchev–Trinajstić information content (AvgIpc) is 2.21. The van der Waals surface area contributed by atoms with E-state index in [4.69, 9.17) is 0 Å². The lowest BCUT2D eigenvalue weighted by Crippen LogP contribution is -2.53. The number of nitrogens with one attached hydrogen (secondary N) is 1. The molecule has 94 valence electrons. The molecule has 2 heterocycles. The predicted octanol–water partition coefficient (Wildman–Crippen LogP) is 2.79. The maximum Gasteiger partial charge on any atom is 0.0686 e. The number of hydrogen-bond acceptors (Lipinski definition) is 3. The van der Waals surface area contributed by atoms with Gasteiger partial charge in [-0.2, -0.15) is 0 Å². The van der Waals surface area contributed by atoms with Gasteiger partial charge < -0.3 is 5.32 Å². The Hall–Kier alpha value is 0.0300. The summed E-state index contributed by atoms with van der Waals surface area (Å²) in [6.45, 7) is 7.52. The summed E-state index contributed by atoms with van der Waals surface area (Å²) in [7, 11) is 0. The highest BCUT2D eigenvalue weighted by molar-refractivity contribution is 9.11. The summed E-state index contributed by atoms with van der Waals surface area (Å²) in [6.07, 6.45) is 1.86. The summed E-state index contributed by atoms with van der Waals surface area (Å²) in [5, 5.41) is 3.54. The molecule has 0 aliphatic carbocycles. The van der Waals surface area contributed by atoms with Crippen LogP contribution < -0.4 is 5.32 Å². The van der Waals surface area contributed by atoms with Crippen molar-refractivity contribution in [3.05, 3.63) is 26.9 Å². The predicted molar refractivity (Wildman–Crippen MR) is 77.0 cm³/mol. The maximum atomic E-state index is 4.47. The van der Waals surface area contributed by atoms with E-state index in [1.165, 1.54) is 0 Å². The van der Waals surface area contributed by atoms with Crippen LogP contribution in [0.1, 0.15) is 19.5 Å². The third-order valence-electron chi connectivity index (χ3n) is 2.89. The van der Waals surface area contributed by atoms with Gasteiger partial charge in [-0.15, -0.1) is 0 Å². The zero-order chi connectivity index (χ0) is 12.4. The first kappa shape index (κ1) is 13.5. The van der Waals surface area contributed by atoms with E-state index in [0.29, 0.717) is 12.1 Å². The second-order valence-corrected chi connectivity index (χ2v) is 6.51. The summed E-state index contributed by atoms with van der Waals surface area (Å²) >= 11 is 6.99. The van der Waals surface area contributed by atoms with E-state index < -0.39 is 0 Å². The van der Waals surface area contributed by atoms with E-state index in [-0.39, 0.29) is 0 Å². The lowest BCUT2D eigenvalue weighted by atomic mass is 10.1. The second-order valence-electron chi connectivity index (χ2n) is 4.74. The molecule has 2 unspecified atom stereocenters. The summed E-state index contributed by atoms with van der Waals surface area (Å²) in [4.78, 5) is 6.92. The van der Waals surface area contributed by atoms with Gasteiger partial charge in [-0.3, -0.25) is 9.88 Å². The van der Waals surface area contributed by atoms with Gasteiger partial charge in [-0.1, -0.05) is 0 Å². The highest BCUT2D eigenvalue weighted by Crippen LogP contribution is 2.21. The van der Waals surface area contributed by atoms with Crippen molar-refractivity contribution in [3.63, 3.8) is 0 Å². The Kier molecular flexibility index (Phi) is 4.58. The Morgan fingerprint density at radius 1 is 1.35 bits per heavy atom. The summed E-state index contributed by atoms with van der Waals surface area (Å²) in [5.41, 5.74) is 1.11. The van der Waals surface area contributed by atoms with Crippen molar-refractivity contribution in [2.75, 3.05) is 13.1 Å². The molecule has 1 fully saturated rings. The summed E-state index contributed by atoms with van der Waals surface area (Å²) < 4.78 is 2.08. The van der Waals surface area contributed by atoms with E-state index in [2.05, 4.69) is 67.0 Å². The number of aromatic nitrogens is 1. The van der Waals surface area contributed by atoms with Crippen LogP contribution in [0.15, 0.2) is 21.2 Å². The zero-order valence-electron chi connectivity index (χ0n) is 10.1. The largest absolute Gasteiger partial charge is 0.309 e. The molecule has 0 aromatic carbocycles. The molecule has 2 atom stereocenters. The number of pyridine rings is 1. The van der Waals surface area contributed by atoms with Crippen LogP contribution in [-0.4, -0.2) is 35.1 Å². The average molecular weight is 363 g/mol. The molecule has 0 radical (unpaired) electrons. The fourth-order valence-corrected chi connectivity index (χ4v) is 3.45. The highest BCUT2D eigenvalue weighted by atomic mass is 79.9. The van der Waals surface area contributed by atoms with Crippen LogP contribution in [0, 0.1) is 0 Å². The molecule has 5 heteroatoms. The maximum absolute atomic E-state index is 4.47. The molecular weight excluding hydrogens is 346 g/mol. The number of rotatable bonds is 2. The smallest absolute Gasteiger partial charge is 0.0686 e. The van der Waals surface area contributed by atoms with Gasteiger partial charge >= 0.3 is 0 Å². The quantitative estimate of drug-likeness (QED) is 0.876. The molecule has 3 nitrogen and oxygen atoms in total. The summed E-state index contributed by atoms with van der Waals surface area (Å²) in [5.74, 6) is 0. The van der Waals surface area contributed by atoms with E-state index in [1.807, 2.05) is 6.20 Å². The van der Waals surface area contributed by atoms with Crippen molar-refractivity contribution >= 4 is 31.9 Å². The molecule has 1 N–H and O–H groups in total. The molecule has 17 heavy (non-hydrogen) atoms. The Morgan fingerprint density at radius 3 is 2.59 bits per heavy atom. The van der Waals surface area contributed by atoms with E-state index in [9.17, 15) is 0 Å².